The molecular formula is C23H23ClN2O4S. The minimum Gasteiger partial charge on any atom is -0.449 e. The summed E-state index contributed by atoms with van der Waals surface area (Å²) >= 11 is 7.49. The fraction of sp³-hybridized carbons (Fsp3) is 0.261. The van der Waals surface area contributed by atoms with Crippen molar-refractivity contribution in [3.05, 3.63) is 75.6 Å². The van der Waals surface area contributed by atoms with Crippen molar-refractivity contribution in [3.63, 3.8) is 0 Å². The number of aryl methyl sites for hydroxylation is 3. The first-order chi connectivity index (χ1) is 14.8. The summed E-state index contributed by atoms with van der Waals surface area (Å²) in [5.41, 5.74) is 3.66. The third-order valence-electron chi connectivity index (χ3n) is 4.77. The molecule has 1 amide bonds. The van der Waals surface area contributed by atoms with Gasteiger partial charge in [-0.25, -0.2) is 4.79 Å². The molecule has 2 aromatic carbocycles. The van der Waals surface area contributed by atoms with Crippen LogP contribution in [0.3, 0.4) is 0 Å². The van der Waals surface area contributed by atoms with Gasteiger partial charge in [0.2, 0.25) is 0 Å². The number of halogens is 1. The van der Waals surface area contributed by atoms with Crippen molar-refractivity contribution < 1.29 is 18.8 Å². The van der Waals surface area contributed by atoms with Crippen molar-refractivity contribution >= 4 is 40.9 Å². The molecule has 3 rings (SSSR count). The Balaban J connectivity index is 1.67. The number of amides is 1. The summed E-state index contributed by atoms with van der Waals surface area (Å²) in [4.78, 5) is 26.1. The molecule has 0 fully saturated rings. The number of hydrogen-bond acceptors (Lipinski definition) is 6. The molecule has 31 heavy (non-hydrogen) atoms. The van der Waals surface area contributed by atoms with Gasteiger partial charge >= 0.3 is 5.97 Å². The van der Waals surface area contributed by atoms with Crippen LogP contribution in [0.15, 0.2) is 51.9 Å². The first-order valence-corrected chi connectivity index (χ1v) is 11.0. The first kappa shape index (κ1) is 22.9. The summed E-state index contributed by atoms with van der Waals surface area (Å²) in [6.45, 7) is 7.13. The van der Waals surface area contributed by atoms with Gasteiger partial charge in [-0.1, -0.05) is 35.0 Å². The van der Waals surface area contributed by atoms with E-state index >= 15 is 0 Å². The van der Waals surface area contributed by atoms with Crippen LogP contribution in [0, 0.1) is 20.8 Å². The predicted molar refractivity (Wildman–Crippen MR) is 122 cm³/mol. The Morgan fingerprint density at radius 3 is 2.65 bits per heavy atom. The van der Waals surface area contributed by atoms with Gasteiger partial charge in [0, 0.05) is 26.9 Å². The van der Waals surface area contributed by atoms with Crippen LogP contribution in [0.25, 0.3) is 0 Å². The van der Waals surface area contributed by atoms with Crippen molar-refractivity contribution in [3.8, 4) is 0 Å². The minimum atomic E-state index is -0.980. The summed E-state index contributed by atoms with van der Waals surface area (Å²) < 4.78 is 10.6. The summed E-state index contributed by atoms with van der Waals surface area (Å²) in [6, 6.07) is 12.3. The quantitative estimate of drug-likeness (QED) is 0.359. The van der Waals surface area contributed by atoms with Gasteiger partial charge in [0.15, 0.2) is 6.10 Å². The average Bonchev–Trinajstić information content (AvgIpc) is 3.06. The van der Waals surface area contributed by atoms with E-state index in [-0.39, 0.29) is 0 Å². The molecule has 162 valence electrons. The third kappa shape index (κ3) is 5.68. The molecule has 0 bridgehead atoms. The van der Waals surface area contributed by atoms with Gasteiger partial charge in [0.25, 0.3) is 5.91 Å². The number of carbonyl (C=O) groups is 2. The fourth-order valence-corrected chi connectivity index (χ4v) is 4.23. The lowest BCUT2D eigenvalue weighted by atomic mass is 10.2. The molecular weight excluding hydrogens is 436 g/mol. The highest BCUT2D eigenvalue weighted by molar-refractivity contribution is 7.98. The average molecular weight is 459 g/mol. The molecule has 1 heterocycles. The Morgan fingerprint density at radius 1 is 1.19 bits per heavy atom. The van der Waals surface area contributed by atoms with Gasteiger partial charge in [-0.15, -0.1) is 11.8 Å². The number of rotatable bonds is 7. The zero-order valence-electron chi connectivity index (χ0n) is 17.7. The highest BCUT2D eigenvalue weighted by atomic mass is 35.5. The molecule has 1 atom stereocenters. The Bertz CT molecular complexity index is 1090. The number of carbonyl (C=O) groups excluding carboxylic acids is 2. The van der Waals surface area contributed by atoms with Gasteiger partial charge in [0.1, 0.15) is 5.76 Å². The molecule has 1 unspecified atom stereocenters. The van der Waals surface area contributed by atoms with Crippen molar-refractivity contribution in [2.75, 3.05) is 5.32 Å². The Morgan fingerprint density at radius 2 is 1.94 bits per heavy atom. The smallest absolute Gasteiger partial charge is 0.340 e. The van der Waals surface area contributed by atoms with Crippen LogP contribution in [0.5, 0.6) is 0 Å². The van der Waals surface area contributed by atoms with Gasteiger partial charge in [-0.3, -0.25) is 4.79 Å². The monoisotopic (exact) mass is 458 g/mol. The maximum absolute atomic E-state index is 12.8. The molecule has 0 saturated carbocycles. The highest BCUT2D eigenvalue weighted by Gasteiger charge is 2.22. The zero-order valence-corrected chi connectivity index (χ0v) is 19.3. The molecule has 0 aliphatic carbocycles. The first-order valence-electron chi connectivity index (χ1n) is 9.68. The lowest BCUT2D eigenvalue weighted by Gasteiger charge is -2.16. The molecule has 3 aromatic rings. The van der Waals surface area contributed by atoms with Crippen LogP contribution in [-0.2, 0) is 15.3 Å². The molecule has 0 spiro atoms. The molecule has 0 saturated heterocycles. The SMILES string of the molecule is Cc1ccc(Cl)cc1NC(=O)C(C)OC(=O)c1ccccc1SCc1c(C)noc1C. The maximum atomic E-state index is 12.8. The fourth-order valence-electron chi connectivity index (χ4n) is 2.86. The van der Waals surface area contributed by atoms with Crippen LogP contribution < -0.4 is 5.32 Å². The molecule has 0 aliphatic rings. The van der Waals surface area contributed by atoms with E-state index in [0.717, 1.165) is 27.5 Å². The van der Waals surface area contributed by atoms with E-state index in [9.17, 15) is 9.59 Å². The van der Waals surface area contributed by atoms with E-state index in [0.29, 0.717) is 22.0 Å². The molecule has 0 aliphatic heterocycles. The molecule has 1 N–H and O–H groups in total. The van der Waals surface area contributed by atoms with Crippen LogP contribution in [0.1, 0.15) is 39.9 Å². The number of nitrogens with zero attached hydrogens (tertiary/aromatic N) is 1. The Labute approximate surface area is 190 Å². The van der Waals surface area contributed by atoms with Gasteiger partial charge in [-0.05, 0) is 57.5 Å². The van der Waals surface area contributed by atoms with Crippen molar-refractivity contribution in [1.82, 2.24) is 5.16 Å². The normalized spacial score (nSPS) is 11.8. The summed E-state index contributed by atoms with van der Waals surface area (Å²) in [5.74, 6) is 0.369. The summed E-state index contributed by atoms with van der Waals surface area (Å²) in [6.07, 6.45) is -0.980. The standard InChI is InChI=1S/C23H23ClN2O4S/c1-13-9-10-17(24)11-20(13)25-22(27)16(4)29-23(28)18-7-5-6-8-21(18)31-12-19-14(2)26-30-15(19)3/h5-11,16H,12H2,1-4H3,(H,25,27). The number of hydrogen-bond donors (Lipinski definition) is 1. The number of nitrogens with one attached hydrogen (secondary N) is 1. The van der Waals surface area contributed by atoms with E-state index < -0.39 is 18.0 Å². The predicted octanol–water partition coefficient (Wildman–Crippen LogP) is 5.73. The third-order valence-corrected chi connectivity index (χ3v) is 6.11. The van der Waals surface area contributed by atoms with Crippen molar-refractivity contribution in [2.24, 2.45) is 0 Å². The largest absolute Gasteiger partial charge is 0.449 e. The number of benzene rings is 2. The van der Waals surface area contributed by atoms with Gasteiger partial charge < -0.3 is 14.6 Å². The van der Waals surface area contributed by atoms with E-state index in [2.05, 4.69) is 10.5 Å². The van der Waals surface area contributed by atoms with Gasteiger partial charge in [-0.2, -0.15) is 0 Å². The molecule has 6 nitrogen and oxygen atoms in total. The maximum Gasteiger partial charge on any atom is 0.340 e. The zero-order chi connectivity index (χ0) is 22.5. The van der Waals surface area contributed by atoms with Crippen LogP contribution in [0.4, 0.5) is 5.69 Å². The number of thioether (sulfide) groups is 1. The van der Waals surface area contributed by atoms with Crippen LogP contribution in [0.2, 0.25) is 5.02 Å². The number of esters is 1. The number of ether oxygens (including phenoxy) is 1. The topological polar surface area (TPSA) is 81.4 Å². The Hall–Kier alpha value is -2.77. The second-order valence-corrected chi connectivity index (χ2v) is 8.54. The Kier molecular flexibility index (Phi) is 7.41. The van der Waals surface area contributed by atoms with E-state index in [1.165, 1.54) is 18.7 Å². The van der Waals surface area contributed by atoms with E-state index in [4.69, 9.17) is 20.9 Å². The van der Waals surface area contributed by atoms with Crippen LogP contribution in [-0.4, -0.2) is 23.1 Å². The molecule has 0 radical (unpaired) electrons. The second-order valence-electron chi connectivity index (χ2n) is 7.08. The number of anilines is 1. The summed E-state index contributed by atoms with van der Waals surface area (Å²) in [7, 11) is 0. The number of aromatic nitrogens is 1. The molecule has 1 aromatic heterocycles. The van der Waals surface area contributed by atoms with E-state index in [1.54, 1.807) is 30.3 Å². The van der Waals surface area contributed by atoms with E-state index in [1.807, 2.05) is 32.9 Å². The van der Waals surface area contributed by atoms with Crippen molar-refractivity contribution in [1.29, 1.82) is 0 Å². The highest BCUT2D eigenvalue weighted by Crippen LogP contribution is 2.29. The second kappa shape index (κ2) is 10.0. The lowest BCUT2D eigenvalue weighted by Crippen LogP contribution is -2.30. The van der Waals surface area contributed by atoms with Crippen LogP contribution >= 0.6 is 23.4 Å². The molecule has 8 heteroatoms. The summed E-state index contributed by atoms with van der Waals surface area (Å²) in [5, 5.41) is 7.22. The van der Waals surface area contributed by atoms with Crippen molar-refractivity contribution in [2.45, 2.75) is 44.4 Å². The lowest BCUT2D eigenvalue weighted by molar-refractivity contribution is -0.123. The minimum absolute atomic E-state index is 0.401. The van der Waals surface area contributed by atoms with Gasteiger partial charge in [0.05, 0.1) is 11.3 Å².